The molecule has 0 aromatic heterocycles. The van der Waals surface area contributed by atoms with Gasteiger partial charge in [-0.05, 0) is 24.3 Å². The molecule has 0 amide bonds. The third-order valence-electron chi connectivity index (χ3n) is 3.22. The summed E-state index contributed by atoms with van der Waals surface area (Å²) in [4.78, 5) is 23.7. The molecule has 0 radical (unpaired) electrons. The number of rotatable bonds is 7. The molecule has 0 atom stereocenters. The van der Waals surface area contributed by atoms with Crippen LogP contribution in [0, 0.1) is 0 Å². The minimum atomic E-state index is -0.502. The van der Waals surface area contributed by atoms with E-state index in [2.05, 4.69) is 0 Å². The molecular formula is C18H14Cl4O4. The van der Waals surface area contributed by atoms with Gasteiger partial charge in [-0.2, -0.15) is 0 Å². The van der Waals surface area contributed by atoms with Crippen LogP contribution in [0.4, 0.5) is 0 Å². The quantitative estimate of drug-likeness (QED) is 0.316. The van der Waals surface area contributed by atoms with E-state index < -0.39 is 11.9 Å². The molecule has 4 nitrogen and oxygen atoms in total. The van der Waals surface area contributed by atoms with Gasteiger partial charge >= 0.3 is 11.9 Å². The normalized spacial score (nSPS) is 10.5. The van der Waals surface area contributed by atoms with Crippen molar-refractivity contribution in [3.8, 4) is 22.6 Å². The molecule has 26 heavy (non-hydrogen) atoms. The van der Waals surface area contributed by atoms with Crippen molar-refractivity contribution in [2.24, 2.45) is 0 Å². The van der Waals surface area contributed by atoms with Gasteiger partial charge in [0.2, 0.25) is 0 Å². The number of hydrogen-bond acceptors (Lipinski definition) is 4. The number of halogens is 4. The summed E-state index contributed by atoms with van der Waals surface area (Å²) in [5.74, 6) is -0.279. The van der Waals surface area contributed by atoms with Gasteiger partial charge in [-0.15, -0.1) is 23.2 Å². The van der Waals surface area contributed by atoms with E-state index in [0.29, 0.717) is 21.2 Å². The van der Waals surface area contributed by atoms with E-state index >= 15 is 0 Å². The molecule has 2 aromatic rings. The minimum Gasteiger partial charge on any atom is -0.426 e. The van der Waals surface area contributed by atoms with E-state index in [1.165, 1.54) is 12.1 Å². The number of esters is 2. The summed E-state index contributed by atoms with van der Waals surface area (Å²) in [6.07, 6.45) is 0.0946. The van der Waals surface area contributed by atoms with Gasteiger partial charge in [0.25, 0.3) is 0 Å². The van der Waals surface area contributed by atoms with Crippen LogP contribution in [-0.2, 0) is 9.59 Å². The molecule has 0 heterocycles. The van der Waals surface area contributed by atoms with E-state index in [4.69, 9.17) is 55.9 Å². The summed E-state index contributed by atoms with van der Waals surface area (Å²) in [5.41, 5.74) is 1.03. The molecule has 0 aliphatic carbocycles. The van der Waals surface area contributed by atoms with Crippen LogP contribution in [-0.4, -0.2) is 23.7 Å². The van der Waals surface area contributed by atoms with Crippen molar-refractivity contribution >= 4 is 58.3 Å². The summed E-state index contributed by atoms with van der Waals surface area (Å²) in [7, 11) is 0. The lowest BCUT2D eigenvalue weighted by atomic mass is 10.0. The summed E-state index contributed by atoms with van der Waals surface area (Å²) in [6.45, 7) is 0. The first kappa shape index (κ1) is 20.8. The first-order valence-corrected chi connectivity index (χ1v) is 9.40. The first-order valence-electron chi connectivity index (χ1n) is 7.57. The summed E-state index contributed by atoms with van der Waals surface area (Å²) >= 11 is 23.2. The Morgan fingerprint density at radius 2 is 1.12 bits per heavy atom. The molecule has 0 spiro atoms. The van der Waals surface area contributed by atoms with Gasteiger partial charge in [0.15, 0.2) is 0 Å². The summed E-state index contributed by atoms with van der Waals surface area (Å²) in [5, 5.41) is 0.772. The van der Waals surface area contributed by atoms with Gasteiger partial charge in [0.1, 0.15) is 11.5 Å². The molecule has 0 saturated carbocycles. The van der Waals surface area contributed by atoms with E-state index in [1.807, 2.05) is 0 Å². The molecule has 0 fully saturated rings. The van der Waals surface area contributed by atoms with Crippen LogP contribution in [0.3, 0.4) is 0 Å². The fourth-order valence-corrected chi connectivity index (χ4v) is 2.74. The second-order valence-electron chi connectivity index (χ2n) is 5.11. The molecule has 138 valence electrons. The standard InChI is InChI=1S/C18H14Cl4O4/c19-7-5-17(23)25-15-9-11(21)1-3-13(15)14-4-2-12(22)10-16(14)26-18(24)6-8-20/h1-4,9-10H,5-8H2. The smallest absolute Gasteiger partial charge is 0.312 e. The second kappa shape index (κ2) is 10.0. The van der Waals surface area contributed by atoms with Crippen LogP contribution >= 0.6 is 46.4 Å². The summed E-state index contributed by atoms with van der Waals surface area (Å²) < 4.78 is 10.7. The number of ether oxygens (including phenoxy) is 2. The molecule has 0 aliphatic heterocycles. The predicted molar refractivity (Wildman–Crippen MR) is 104 cm³/mol. The number of alkyl halides is 2. The maximum Gasteiger partial charge on any atom is 0.312 e. The number of carbonyl (C=O) groups excluding carboxylic acids is 2. The SMILES string of the molecule is O=C(CCCl)Oc1cc(Cl)ccc1-c1ccc(Cl)cc1OC(=O)CCCl. The maximum absolute atomic E-state index is 11.8. The van der Waals surface area contributed by atoms with Crippen LogP contribution in [0.1, 0.15) is 12.8 Å². The van der Waals surface area contributed by atoms with Gasteiger partial charge in [-0.3, -0.25) is 9.59 Å². The lowest BCUT2D eigenvalue weighted by Gasteiger charge is -2.14. The monoisotopic (exact) mass is 434 g/mol. The highest BCUT2D eigenvalue weighted by molar-refractivity contribution is 6.31. The second-order valence-corrected chi connectivity index (χ2v) is 6.74. The lowest BCUT2D eigenvalue weighted by Crippen LogP contribution is -2.10. The van der Waals surface area contributed by atoms with Gasteiger partial charge < -0.3 is 9.47 Å². The van der Waals surface area contributed by atoms with Crippen LogP contribution in [0.25, 0.3) is 11.1 Å². The van der Waals surface area contributed by atoms with Crippen molar-refractivity contribution in [2.75, 3.05) is 11.8 Å². The van der Waals surface area contributed by atoms with Crippen molar-refractivity contribution in [3.05, 3.63) is 46.4 Å². The Morgan fingerprint density at radius 3 is 1.46 bits per heavy atom. The topological polar surface area (TPSA) is 52.6 Å². The predicted octanol–water partition coefficient (Wildman–Crippen LogP) is 5.73. The fraction of sp³-hybridized carbons (Fsp3) is 0.222. The molecule has 8 heteroatoms. The van der Waals surface area contributed by atoms with Crippen molar-refractivity contribution in [1.29, 1.82) is 0 Å². The third-order valence-corrected chi connectivity index (χ3v) is 4.07. The third kappa shape index (κ3) is 5.78. The van der Waals surface area contributed by atoms with Crippen molar-refractivity contribution < 1.29 is 19.1 Å². The zero-order chi connectivity index (χ0) is 19.1. The number of benzene rings is 2. The average Bonchev–Trinajstić information content (AvgIpc) is 2.56. The van der Waals surface area contributed by atoms with Crippen LogP contribution in [0.15, 0.2) is 36.4 Å². The molecule has 0 bridgehead atoms. The van der Waals surface area contributed by atoms with Crippen molar-refractivity contribution in [2.45, 2.75) is 12.8 Å². The Labute approximate surface area is 170 Å². The highest BCUT2D eigenvalue weighted by Gasteiger charge is 2.17. The van der Waals surface area contributed by atoms with Crippen molar-refractivity contribution in [3.63, 3.8) is 0 Å². The summed E-state index contributed by atoms with van der Waals surface area (Å²) in [6, 6.07) is 9.59. The Morgan fingerprint density at radius 1 is 0.731 bits per heavy atom. The maximum atomic E-state index is 11.8. The van der Waals surface area contributed by atoms with Crippen molar-refractivity contribution in [1.82, 2.24) is 0 Å². The first-order chi connectivity index (χ1) is 12.4. The van der Waals surface area contributed by atoms with E-state index in [0.717, 1.165) is 0 Å². The molecule has 0 N–H and O–H groups in total. The zero-order valence-electron chi connectivity index (χ0n) is 13.4. The highest BCUT2D eigenvalue weighted by Crippen LogP contribution is 2.39. The molecule has 0 unspecified atom stereocenters. The van der Waals surface area contributed by atoms with Crippen LogP contribution in [0.5, 0.6) is 11.5 Å². The Bertz CT molecular complexity index is 740. The van der Waals surface area contributed by atoms with E-state index in [-0.39, 0.29) is 36.1 Å². The minimum absolute atomic E-state index is 0.0473. The Hall–Kier alpha value is -1.46. The van der Waals surface area contributed by atoms with Crippen LogP contribution in [0.2, 0.25) is 10.0 Å². The van der Waals surface area contributed by atoms with Gasteiger partial charge in [0, 0.05) is 45.1 Å². The molecular weight excluding hydrogens is 422 g/mol. The largest absolute Gasteiger partial charge is 0.426 e. The Balaban J connectivity index is 2.47. The van der Waals surface area contributed by atoms with E-state index in [1.54, 1.807) is 24.3 Å². The average molecular weight is 436 g/mol. The van der Waals surface area contributed by atoms with Gasteiger partial charge in [-0.25, -0.2) is 0 Å². The molecule has 0 saturated heterocycles. The molecule has 2 aromatic carbocycles. The Kier molecular flexibility index (Phi) is 8.04. The van der Waals surface area contributed by atoms with Gasteiger partial charge in [0.05, 0.1) is 12.8 Å². The number of hydrogen-bond donors (Lipinski definition) is 0. The zero-order valence-corrected chi connectivity index (χ0v) is 16.5. The van der Waals surface area contributed by atoms with Crippen LogP contribution < -0.4 is 9.47 Å². The molecule has 0 aliphatic rings. The van der Waals surface area contributed by atoms with Gasteiger partial charge in [-0.1, -0.05) is 23.2 Å². The number of carbonyl (C=O) groups is 2. The fourth-order valence-electron chi connectivity index (χ4n) is 2.11. The molecule has 2 rings (SSSR count). The lowest BCUT2D eigenvalue weighted by molar-refractivity contribution is -0.134. The highest BCUT2D eigenvalue weighted by atomic mass is 35.5. The van der Waals surface area contributed by atoms with E-state index in [9.17, 15) is 9.59 Å².